The minimum Gasteiger partial charge on any atom is -0.274 e. The summed E-state index contributed by atoms with van der Waals surface area (Å²) in [4.78, 5) is 37.9. The first-order valence-electron chi connectivity index (χ1n) is 19.7. The lowest BCUT2D eigenvalue weighted by atomic mass is 9.90. The van der Waals surface area contributed by atoms with Crippen LogP contribution in [0.2, 0.25) is 6.04 Å². The summed E-state index contributed by atoms with van der Waals surface area (Å²) in [5.41, 5.74) is 1.18. The van der Waals surface area contributed by atoms with Crippen LogP contribution in [-0.4, -0.2) is 31.3 Å². The average molecular weight is 758 g/mol. The lowest BCUT2D eigenvalue weighted by Gasteiger charge is -2.30. The van der Waals surface area contributed by atoms with Crippen LogP contribution in [0.1, 0.15) is 157 Å². The number of hydrogen-bond acceptors (Lipinski definition) is 5. The molecule has 2 aliphatic heterocycles. The average Bonchev–Trinajstić information content (AvgIpc) is 3.89. The molecule has 2 atom stereocenters. The van der Waals surface area contributed by atoms with Crippen molar-refractivity contribution in [3.63, 3.8) is 0 Å². The summed E-state index contributed by atoms with van der Waals surface area (Å²) < 4.78 is 0. The first-order valence-corrected chi connectivity index (χ1v) is 24.3. The molecule has 4 aromatic rings. The summed E-state index contributed by atoms with van der Waals surface area (Å²) in [5.74, 6) is 0.185. The summed E-state index contributed by atoms with van der Waals surface area (Å²) in [6, 6.07) is 17.7. The Labute approximate surface area is 320 Å². The number of carbonyl (C=O) groups is 2. The Hall–Kier alpha value is -2.32. The Bertz CT molecular complexity index is 1870. The van der Waals surface area contributed by atoms with Gasteiger partial charge in [-0.25, -0.2) is 0 Å². The Balaban J connectivity index is 1.50. The van der Waals surface area contributed by atoms with Crippen molar-refractivity contribution in [3.8, 4) is 19.5 Å². The molecule has 2 unspecified atom stereocenters. The molecule has 0 saturated carbocycles. The number of fused-ring (bicyclic) bond motifs is 4. The zero-order valence-corrected chi connectivity index (χ0v) is 36.0. The number of thiophene rings is 3. The molecule has 0 fully saturated rings. The Morgan fingerprint density at radius 2 is 1.31 bits per heavy atom. The third kappa shape index (κ3) is 7.06. The summed E-state index contributed by atoms with van der Waals surface area (Å²) in [6.07, 6.45) is 12.0. The van der Waals surface area contributed by atoms with E-state index in [2.05, 4.69) is 105 Å². The molecular weight excluding hydrogens is 699 g/mol. The zero-order chi connectivity index (χ0) is 36.7. The summed E-state index contributed by atoms with van der Waals surface area (Å²) in [7, 11) is -2.36. The monoisotopic (exact) mass is 757 g/mol. The smallest absolute Gasteiger partial charge is 0.263 e. The van der Waals surface area contributed by atoms with Crippen molar-refractivity contribution >= 4 is 69.5 Å². The standard InChI is InChI=1S/C44H59NO2S3Si/c1-10-13-15-16-17-21-25-51(30-23-19-18-20-24-30)32-26-31(48-38(32)39-33(51)27-34(49-39)43(4,5)6)37-35-36(40(50-37)44(7,8)9)42(47)45(41(35)46)28-29(12-3)22-14-11-2/h18-20,23-24,26-27,29H,10-17,21-22,25,28H2,1-9H3. The molecule has 2 amide bonds. The Kier molecular flexibility index (Phi) is 11.4. The highest BCUT2D eigenvalue weighted by Crippen LogP contribution is 2.51. The number of imide groups is 1. The van der Waals surface area contributed by atoms with Crippen LogP contribution in [0.5, 0.6) is 0 Å². The van der Waals surface area contributed by atoms with Crippen molar-refractivity contribution in [3.05, 3.63) is 63.3 Å². The molecule has 0 N–H and O–H groups in total. The number of hydrogen-bond donors (Lipinski definition) is 0. The third-order valence-electron chi connectivity index (χ3n) is 11.2. The second kappa shape index (κ2) is 15.2. The number of unbranched alkanes of at least 4 members (excludes halogenated alkanes) is 6. The van der Waals surface area contributed by atoms with Crippen LogP contribution in [0.4, 0.5) is 0 Å². The van der Waals surface area contributed by atoms with Gasteiger partial charge in [-0.3, -0.25) is 14.5 Å². The van der Waals surface area contributed by atoms with Gasteiger partial charge in [-0.15, -0.1) is 34.0 Å². The minimum atomic E-state index is -2.36. The maximum Gasteiger partial charge on any atom is 0.263 e. The fourth-order valence-corrected chi connectivity index (χ4v) is 18.9. The summed E-state index contributed by atoms with van der Waals surface area (Å²) in [5, 5.41) is 4.64. The van der Waals surface area contributed by atoms with Gasteiger partial charge in [0.1, 0.15) is 0 Å². The molecule has 3 aromatic heterocycles. The van der Waals surface area contributed by atoms with E-state index >= 15 is 0 Å². The van der Waals surface area contributed by atoms with Gasteiger partial charge in [-0.05, 0) is 56.9 Å². The fraction of sp³-hybridized carbons (Fsp3) is 0.545. The predicted molar refractivity (Wildman–Crippen MR) is 226 cm³/mol. The van der Waals surface area contributed by atoms with Crippen molar-refractivity contribution in [2.75, 3.05) is 6.54 Å². The molecule has 1 aromatic carbocycles. The molecule has 0 bridgehead atoms. The first kappa shape index (κ1) is 38.4. The molecule has 0 aliphatic carbocycles. The van der Waals surface area contributed by atoms with E-state index in [0.29, 0.717) is 23.6 Å². The van der Waals surface area contributed by atoms with Crippen LogP contribution in [0.15, 0.2) is 42.5 Å². The Morgan fingerprint density at radius 3 is 1.96 bits per heavy atom. The van der Waals surface area contributed by atoms with Crippen molar-refractivity contribution in [1.29, 1.82) is 0 Å². The number of carbonyl (C=O) groups excluding carboxylic acids is 2. The lowest BCUT2D eigenvalue weighted by molar-refractivity contribution is 0.0623. The van der Waals surface area contributed by atoms with E-state index in [4.69, 9.17) is 0 Å². The van der Waals surface area contributed by atoms with Gasteiger partial charge in [-0.1, -0.05) is 150 Å². The van der Waals surface area contributed by atoms with Crippen molar-refractivity contribution < 1.29 is 9.59 Å². The summed E-state index contributed by atoms with van der Waals surface area (Å²) in [6.45, 7) is 20.8. The zero-order valence-electron chi connectivity index (χ0n) is 32.6. The van der Waals surface area contributed by atoms with E-state index in [9.17, 15) is 9.59 Å². The Morgan fingerprint density at radius 1 is 0.686 bits per heavy atom. The molecule has 7 heteroatoms. The van der Waals surface area contributed by atoms with Crippen LogP contribution >= 0.6 is 34.0 Å². The van der Waals surface area contributed by atoms with E-state index in [1.54, 1.807) is 21.4 Å². The molecule has 6 rings (SSSR count). The van der Waals surface area contributed by atoms with E-state index in [0.717, 1.165) is 35.4 Å². The number of nitrogens with zero attached hydrogens (tertiary/aromatic N) is 1. The van der Waals surface area contributed by atoms with Gasteiger partial charge in [0.15, 0.2) is 8.07 Å². The van der Waals surface area contributed by atoms with E-state index in [1.807, 2.05) is 22.7 Å². The topological polar surface area (TPSA) is 37.4 Å². The van der Waals surface area contributed by atoms with Crippen molar-refractivity contribution in [1.82, 2.24) is 4.90 Å². The molecule has 3 nitrogen and oxygen atoms in total. The molecule has 0 radical (unpaired) electrons. The van der Waals surface area contributed by atoms with Crippen LogP contribution < -0.4 is 15.6 Å². The molecule has 0 saturated heterocycles. The fourth-order valence-electron chi connectivity index (χ4n) is 8.24. The maximum absolute atomic E-state index is 14.5. The molecular formula is C44H59NO2S3Si. The van der Waals surface area contributed by atoms with Gasteiger partial charge >= 0.3 is 0 Å². The van der Waals surface area contributed by atoms with Gasteiger partial charge < -0.3 is 0 Å². The van der Waals surface area contributed by atoms with Gasteiger partial charge in [0.05, 0.1) is 16.0 Å². The maximum atomic E-state index is 14.5. The van der Waals surface area contributed by atoms with Crippen LogP contribution in [0.25, 0.3) is 19.5 Å². The third-order valence-corrected chi connectivity index (χ3v) is 21.3. The van der Waals surface area contributed by atoms with E-state index in [1.165, 1.54) is 74.5 Å². The van der Waals surface area contributed by atoms with E-state index < -0.39 is 8.07 Å². The lowest BCUT2D eigenvalue weighted by Crippen LogP contribution is -2.64. The van der Waals surface area contributed by atoms with Gasteiger partial charge in [0, 0.05) is 30.9 Å². The number of benzene rings is 1. The van der Waals surface area contributed by atoms with Crippen molar-refractivity contribution in [2.45, 2.75) is 143 Å². The number of rotatable bonds is 15. The molecule has 51 heavy (non-hydrogen) atoms. The van der Waals surface area contributed by atoms with Crippen LogP contribution in [0, 0.1) is 5.92 Å². The highest BCUT2D eigenvalue weighted by molar-refractivity contribution is 7.33. The minimum absolute atomic E-state index is 0.0755. The van der Waals surface area contributed by atoms with Gasteiger partial charge in [0.25, 0.3) is 11.8 Å². The largest absolute Gasteiger partial charge is 0.274 e. The highest BCUT2D eigenvalue weighted by atomic mass is 32.1. The van der Waals surface area contributed by atoms with Gasteiger partial charge in [-0.2, -0.15) is 0 Å². The van der Waals surface area contributed by atoms with E-state index in [-0.39, 0.29) is 22.6 Å². The molecule has 5 heterocycles. The second-order valence-corrected chi connectivity index (χ2v) is 24.2. The number of amides is 2. The molecule has 274 valence electrons. The predicted octanol–water partition coefficient (Wildman–Crippen LogP) is 11.8. The molecule has 0 spiro atoms. The SMILES string of the molecule is CCCCCCCC[Si]1(c2ccccc2)c2cc(-c3sc(C(C)(C)C)c4c3C(=O)N(CC(CC)CCCC)C4=O)sc2-c2sc(C(C)(C)C)cc21. The quantitative estimate of drug-likeness (QED) is 0.0688. The van der Waals surface area contributed by atoms with Crippen molar-refractivity contribution in [2.24, 2.45) is 5.92 Å². The second-order valence-electron chi connectivity index (χ2n) is 17.1. The van der Waals surface area contributed by atoms with Crippen LogP contribution in [0.3, 0.4) is 0 Å². The normalized spacial score (nSPS) is 17.7. The molecule has 2 aliphatic rings. The van der Waals surface area contributed by atoms with Crippen LogP contribution in [-0.2, 0) is 10.8 Å². The van der Waals surface area contributed by atoms with Gasteiger partial charge in [0.2, 0.25) is 0 Å². The first-order chi connectivity index (χ1) is 24.3. The highest BCUT2D eigenvalue weighted by Gasteiger charge is 2.51. The summed E-state index contributed by atoms with van der Waals surface area (Å²) >= 11 is 5.59.